The summed E-state index contributed by atoms with van der Waals surface area (Å²) >= 11 is 0. The number of carboxylic acid groups (broad SMARTS) is 1. The van der Waals surface area contributed by atoms with Gasteiger partial charge in [-0.2, -0.15) is 5.10 Å². The van der Waals surface area contributed by atoms with E-state index in [9.17, 15) is 13.6 Å². The van der Waals surface area contributed by atoms with Gasteiger partial charge in [0.2, 0.25) is 0 Å². The van der Waals surface area contributed by atoms with E-state index >= 15 is 0 Å². The monoisotopic (exact) mass is 387 g/mol. The second-order valence-corrected chi connectivity index (χ2v) is 6.50. The number of ether oxygens (including phenoxy) is 1. The van der Waals surface area contributed by atoms with Gasteiger partial charge in [-0.05, 0) is 49.2 Å². The van der Waals surface area contributed by atoms with Crippen molar-refractivity contribution in [2.45, 2.75) is 26.9 Å². The van der Waals surface area contributed by atoms with Crippen LogP contribution in [0.5, 0.6) is 5.75 Å². The molecule has 2 aromatic heterocycles. The Bertz CT molecular complexity index is 967. The summed E-state index contributed by atoms with van der Waals surface area (Å²) in [6, 6.07) is 9.27. The Morgan fingerprint density at radius 1 is 1.25 bits per heavy atom. The quantitative estimate of drug-likeness (QED) is 0.669. The molecule has 2 heterocycles. The van der Waals surface area contributed by atoms with Gasteiger partial charge in [-0.15, -0.1) is 0 Å². The molecule has 1 N–H and O–H groups in total. The summed E-state index contributed by atoms with van der Waals surface area (Å²) in [4.78, 5) is 15.1. The summed E-state index contributed by atoms with van der Waals surface area (Å²) in [6.07, 6.45) is 1.64. The number of hydrogen-bond donors (Lipinski definition) is 1. The molecule has 0 spiro atoms. The highest BCUT2D eigenvalue weighted by molar-refractivity contribution is 5.69. The van der Waals surface area contributed by atoms with Gasteiger partial charge in [-0.3, -0.25) is 4.79 Å². The van der Waals surface area contributed by atoms with E-state index < -0.39 is 29.3 Å². The van der Waals surface area contributed by atoms with Gasteiger partial charge in [-0.1, -0.05) is 13.0 Å². The third-order valence-electron chi connectivity index (χ3n) is 4.16. The summed E-state index contributed by atoms with van der Waals surface area (Å²) in [5, 5.41) is 13.3. The maximum atomic E-state index is 14.3. The number of halogens is 2. The number of nitrogens with zero attached hydrogens (tertiary/aromatic N) is 3. The molecule has 1 atom stereocenters. The molecule has 0 aliphatic carbocycles. The van der Waals surface area contributed by atoms with Crippen molar-refractivity contribution in [1.82, 2.24) is 14.8 Å². The number of benzene rings is 1. The van der Waals surface area contributed by atoms with Crippen LogP contribution in [-0.4, -0.2) is 25.8 Å². The van der Waals surface area contributed by atoms with Gasteiger partial charge < -0.3 is 9.84 Å². The second kappa shape index (κ2) is 8.16. The van der Waals surface area contributed by atoms with Gasteiger partial charge in [0.05, 0.1) is 17.3 Å². The van der Waals surface area contributed by atoms with Crippen LogP contribution in [-0.2, 0) is 17.8 Å². The standard InChI is InChI=1S/C20H19F2N3O3/c1-12(20(26)27)7-14-9-16(21)19(17(22)10-14)28-11-15-8-13(2)24-25(15)18-5-3-4-6-23-18/h3-6,8-10,12H,7,11H2,1-2H3,(H,26,27). The fourth-order valence-corrected chi connectivity index (χ4v) is 2.79. The molecule has 0 fully saturated rings. The number of pyridine rings is 1. The molecule has 0 radical (unpaired) electrons. The molecule has 146 valence electrons. The van der Waals surface area contributed by atoms with E-state index in [2.05, 4.69) is 10.1 Å². The summed E-state index contributed by atoms with van der Waals surface area (Å²) in [7, 11) is 0. The normalized spacial score (nSPS) is 12.0. The lowest BCUT2D eigenvalue weighted by Gasteiger charge is -2.12. The average molecular weight is 387 g/mol. The zero-order valence-electron chi connectivity index (χ0n) is 15.4. The number of rotatable bonds is 7. The van der Waals surface area contributed by atoms with Gasteiger partial charge >= 0.3 is 5.97 Å². The third-order valence-corrected chi connectivity index (χ3v) is 4.16. The molecule has 0 amide bonds. The lowest BCUT2D eigenvalue weighted by Crippen LogP contribution is -2.13. The maximum Gasteiger partial charge on any atom is 0.306 e. The highest BCUT2D eigenvalue weighted by atomic mass is 19.1. The first-order valence-electron chi connectivity index (χ1n) is 8.65. The molecule has 1 aromatic carbocycles. The van der Waals surface area contributed by atoms with Gasteiger partial charge in [0.15, 0.2) is 23.2 Å². The second-order valence-electron chi connectivity index (χ2n) is 6.50. The molecule has 3 rings (SSSR count). The number of hydrogen-bond acceptors (Lipinski definition) is 4. The predicted molar refractivity (Wildman–Crippen MR) is 97.3 cm³/mol. The van der Waals surface area contributed by atoms with Crippen molar-refractivity contribution in [3.05, 3.63) is 71.2 Å². The van der Waals surface area contributed by atoms with Crippen molar-refractivity contribution >= 4 is 5.97 Å². The summed E-state index contributed by atoms with van der Waals surface area (Å²) < 4.78 is 35.6. The van der Waals surface area contributed by atoms with Crippen LogP contribution < -0.4 is 4.74 Å². The van der Waals surface area contributed by atoms with Crippen LogP contribution in [0.2, 0.25) is 0 Å². The summed E-state index contributed by atoms with van der Waals surface area (Å²) in [5.74, 6) is -3.49. The summed E-state index contributed by atoms with van der Waals surface area (Å²) in [6.45, 7) is 3.16. The van der Waals surface area contributed by atoms with Crippen molar-refractivity contribution in [3.63, 3.8) is 0 Å². The van der Waals surface area contributed by atoms with E-state index in [1.165, 1.54) is 6.92 Å². The van der Waals surface area contributed by atoms with Crippen molar-refractivity contribution in [2.24, 2.45) is 5.92 Å². The molecule has 0 saturated carbocycles. The van der Waals surface area contributed by atoms with E-state index in [1.807, 2.05) is 0 Å². The smallest absolute Gasteiger partial charge is 0.306 e. The Labute approximate surface area is 160 Å². The fraction of sp³-hybridized carbons (Fsp3) is 0.250. The number of carbonyl (C=O) groups is 1. The SMILES string of the molecule is Cc1cc(COc2c(F)cc(CC(C)C(=O)O)cc2F)n(-c2ccccn2)n1. The number of aryl methyl sites for hydroxylation is 1. The predicted octanol–water partition coefficient (Wildman–Crippen LogP) is 3.70. The average Bonchev–Trinajstić information content (AvgIpc) is 3.02. The molecular formula is C20H19F2N3O3. The zero-order chi connectivity index (χ0) is 20.3. The Hall–Kier alpha value is -3.29. The van der Waals surface area contributed by atoms with Crippen LogP contribution in [0.4, 0.5) is 8.78 Å². The Morgan fingerprint density at radius 3 is 2.57 bits per heavy atom. The highest BCUT2D eigenvalue weighted by Gasteiger charge is 2.18. The Balaban J connectivity index is 1.80. The van der Waals surface area contributed by atoms with E-state index in [1.54, 1.807) is 42.1 Å². The van der Waals surface area contributed by atoms with Crippen molar-refractivity contribution in [3.8, 4) is 11.6 Å². The number of aliphatic carboxylic acids is 1. The van der Waals surface area contributed by atoms with Crippen molar-refractivity contribution in [1.29, 1.82) is 0 Å². The lowest BCUT2D eigenvalue weighted by molar-refractivity contribution is -0.141. The fourth-order valence-electron chi connectivity index (χ4n) is 2.79. The van der Waals surface area contributed by atoms with Gasteiger partial charge in [0.25, 0.3) is 0 Å². The molecule has 0 bridgehead atoms. The highest BCUT2D eigenvalue weighted by Crippen LogP contribution is 2.26. The van der Waals surface area contributed by atoms with E-state index in [-0.39, 0.29) is 18.6 Å². The maximum absolute atomic E-state index is 14.3. The molecule has 0 aliphatic heterocycles. The minimum absolute atomic E-state index is 0.0229. The minimum Gasteiger partial charge on any atom is -0.481 e. The first-order chi connectivity index (χ1) is 13.3. The van der Waals surface area contributed by atoms with Crippen LogP contribution in [0.15, 0.2) is 42.6 Å². The summed E-state index contributed by atoms with van der Waals surface area (Å²) in [5.41, 5.74) is 1.55. The van der Waals surface area contributed by atoms with Crippen LogP contribution in [0, 0.1) is 24.5 Å². The number of aromatic nitrogens is 3. The first-order valence-corrected chi connectivity index (χ1v) is 8.65. The molecule has 0 saturated heterocycles. The first kappa shape index (κ1) is 19.5. The van der Waals surface area contributed by atoms with Crippen LogP contribution in [0.1, 0.15) is 23.9 Å². The van der Waals surface area contributed by atoms with Gasteiger partial charge in [-0.25, -0.2) is 18.4 Å². The van der Waals surface area contributed by atoms with Gasteiger partial charge in [0.1, 0.15) is 6.61 Å². The Kier molecular flexibility index (Phi) is 5.67. The molecule has 0 aliphatic rings. The lowest BCUT2D eigenvalue weighted by atomic mass is 10.0. The molecular weight excluding hydrogens is 368 g/mol. The molecule has 8 heteroatoms. The van der Waals surface area contributed by atoms with Gasteiger partial charge in [0, 0.05) is 6.20 Å². The minimum atomic E-state index is -1.03. The van der Waals surface area contributed by atoms with Crippen molar-refractivity contribution < 1.29 is 23.4 Å². The largest absolute Gasteiger partial charge is 0.481 e. The molecule has 6 nitrogen and oxygen atoms in total. The topological polar surface area (TPSA) is 77.2 Å². The van der Waals surface area contributed by atoms with E-state index in [0.29, 0.717) is 17.2 Å². The number of carboxylic acids is 1. The molecule has 3 aromatic rings. The molecule has 28 heavy (non-hydrogen) atoms. The van der Waals surface area contributed by atoms with Crippen LogP contribution >= 0.6 is 0 Å². The zero-order valence-corrected chi connectivity index (χ0v) is 15.4. The Morgan fingerprint density at radius 2 is 1.96 bits per heavy atom. The van der Waals surface area contributed by atoms with E-state index in [0.717, 1.165) is 12.1 Å². The third kappa shape index (κ3) is 4.33. The molecule has 1 unspecified atom stereocenters. The van der Waals surface area contributed by atoms with Crippen LogP contribution in [0.3, 0.4) is 0 Å². The van der Waals surface area contributed by atoms with Crippen LogP contribution in [0.25, 0.3) is 5.82 Å². The van der Waals surface area contributed by atoms with E-state index in [4.69, 9.17) is 9.84 Å². The van der Waals surface area contributed by atoms with Crippen molar-refractivity contribution in [2.75, 3.05) is 0 Å².